The Kier molecular flexibility index (Phi) is 4.79. The molecule has 0 spiro atoms. The third-order valence-electron chi connectivity index (χ3n) is 3.07. The van der Waals surface area contributed by atoms with Crippen molar-refractivity contribution >= 4 is 21.8 Å². The molecule has 3 nitrogen and oxygen atoms in total. The lowest BCUT2D eigenvalue weighted by molar-refractivity contribution is 0.0938. The predicted octanol–water partition coefficient (Wildman–Crippen LogP) is 3.95. The molecule has 0 bridgehead atoms. The minimum atomic E-state index is -0.132. The molecule has 2 aromatic carbocycles. The molecule has 1 amide bonds. The molecule has 0 radical (unpaired) electrons. The zero-order valence-electron chi connectivity index (χ0n) is 11.4. The van der Waals surface area contributed by atoms with Crippen LogP contribution in [0.3, 0.4) is 0 Å². The van der Waals surface area contributed by atoms with Gasteiger partial charge in [-0.3, -0.25) is 4.79 Å². The average molecular weight is 334 g/mol. The van der Waals surface area contributed by atoms with Crippen LogP contribution < -0.4 is 10.1 Å². The number of methoxy groups -OCH3 is 1. The van der Waals surface area contributed by atoms with Crippen molar-refractivity contribution in [2.75, 3.05) is 7.11 Å². The van der Waals surface area contributed by atoms with E-state index in [2.05, 4.69) is 21.2 Å². The summed E-state index contributed by atoms with van der Waals surface area (Å²) in [7, 11) is 1.58. The molecule has 4 heteroatoms. The van der Waals surface area contributed by atoms with Crippen molar-refractivity contribution in [3.8, 4) is 5.75 Å². The minimum absolute atomic E-state index is 0.0539. The van der Waals surface area contributed by atoms with Crippen molar-refractivity contribution in [3.05, 3.63) is 64.1 Å². The van der Waals surface area contributed by atoms with E-state index < -0.39 is 0 Å². The van der Waals surface area contributed by atoms with Crippen LogP contribution in [0.25, 0.3) is 0 Å². The van der Waals surface area contributed by atoms with Crippen LogP contribution in [0.4, 0.5) is 0 Å². The van der Waals surface area contributed by atoms with Gasteiger partial charge >= 0.3 is 0 Å². The molecule has 0 saturated carbocycles. The topological polar surface area (TPSA) is 38.3 Å². The van der Waals surface area contributed by atoms with Crippen LogP contribution in [0.2, 0.25) is 0 Å². The number of hydrogen-bond acceptors (Lipinski definition) is 2. The number of carbonyl (C=O) groups excluding carboxylic acids is 1. The van der Waals surface area contributed by atoms with Crippen LogP contribution in [0, 0.1) is 0 Å². The molecule has 1 atom stereocenters. The third kappa shape index (κ3) is 3.39. The quantitative estimate of drug-likeness (QED) is 0.919. The number of nitrogens with one attached hydrogen (secondary N) is 1. The molecule has 0 saturated heterocycles. The van der Waals surface area contributed by atoms with Gasteiger partial charge in [0.2, 0.25) is 0 Å². The van der Waals surface area contributed by atoms with Gasteiger partial charge in [0.25, 0.3) is 5.91 Å². The monoisotopic (exact) mass is 333 g/mol. The van der Waals surface area contributed by atoms with E-state index in [0.717, 1.165) is 10.0 Å². The number of benzene rings is 2. The predicted molar refractivity (Wildman–Crippen MR) is 83.0 cm³/mol. The highest BCUT2D eigenvalue weighted by Gasteiger charge is 2.14. The zero-order chi connectivity index (χ0) is 14.5. The van der Waals surface area contributed by atoms with Gasteiger partial charge in [0, 0.05) is 4.47 Å². The fourth-order valence-electron chi connectivity index (χ4n) is 1.90. The van der Waals surface area contributed by atoms with Gasteiger partial charge in [0.05, 0.1) is 18.7 Å². The summed E-state index contributed by atoms with van der Waals surface area (Å²) in [5.41, 5.74) is 1.63. The second kappa shape index (κ2) is 6.57. The van der Waals surface area contributed by atoms with Gasteiger partial charge in [-0.2, -0.15) is 0 Å². The first kappa shape index (κ1) is 14.6. The smallest absolute Gasteiger partial charge is 0.253 e. The number of rotatable bonds is 4. The Bertz CT molecular complexity index is 599. The normalized spacial score (nSPS) is 11.8. The Morgan fingerprint density at radius 3 is 2.55 bits per heavy atom. The SMILES string of the molecule is COc1ccc(Br)c(C(=O)N[C@H](C)c2ccccc2)c1. The van der Waals surface area contributed by atoms with E-state index in [9.17, 15) is 4.79 Å². The number of hydrogen-bond donors (Lipinski definition) is 1. The molecule has 20 heavy (non-hydrogen) atoms. The van der Waals surface area contributed by atoms with Crippen LogP contribution in [0.1, 0.15) is 28.9 Å². The molecule has 1 N–H and O–H groups in total. The number of carbonyl (C=O) groups is 1. The summed E-state index contributed by atoms with van der Waals surface area (Å²) < 4.78 is 5.90. The van der Waals surface area contributed by atoms with Crippen molar-refractivity contribution in [1.82, 2.24) is 5.32 Å². The molecule has 0 aliphatic heterocycles. The Hall–Kier alpha value is -1.81. The van der Waals surface area contributed by atoms with Gasteiger partial charge in [-0.25, -0.2) is 0 Å². The third-order valence-corrected chi connectivity index (χ3v) is 3.76. The maximum atomic E-state index is 12.3. The first-order chi connectivity index (χ1) is 9.61. The van der Waals surface area contributed by atoms with Gasteiger partial charge in [-0.1, -0.05) is 30.3 Å². The zero-order valence-corrected chi connectivity index (χ0v) is 13.0. The number of amides is 1. The summed E-state index contributed by atoms with van der Waals surface area (Å²) in [5, 5.41) is 2.98. The molecular weight excluding hydrogens is 318 g/mol. The molecule has 104 valence electrons. The van der Waals surface area contributed by atoms with Crippen LogP contribution in [0.15, 0.2) is 53.0 Å². The van der Waals surface area contributed by atoms with Crippen molar-refractivity contribution in [2.45, 2.75) is 13.0 Å². The molecule has 0 fully saturated rings. The van der Waals surface area contributed by atoms with E-state index in [4.69, 9.17) is 4.74 Å². The van der Waals surface area contributed by atoms with Gasteiger partial charge in [0.1, 0.15) is 5.75 Å². The maximum Gasteiger partial charge on any atom is 0.253 e. The molecule has 2 aromatic rings. The summed E-state index contributed by atoms with van der Waals surface area (Å²) in [6, 6.07) is 15.1. The molecule has 0 heterocycles. The highest BCUT2D eigenvalue weighted by Crippen LogP contribution is 2.23. The first-order valence-corrected chi connectivity index (χ1v) is 7.10. The van der Waals surface area contributed by atoms with Crippen molar-refractivity contribution in [3.63, 3.8) is 0 Å². The minimum Gasteiger partial charge on any atom is -0.497 e. The summed E-state index contributed by atoms with van der Waals surface area (Å²) >= 11 is 3.39. The fourth-order valence-corrected chi connectivity index (χ4v) is 2.33. The highest BCUT2D eigenvalue weighted by molar-refractivity contribution is 9.10. The van der Waals surface area contributed by atoms with Crippen molar-refractivity contribution in [2.24, 2.45) is 0 Å². The molecule has 0 aromatic heterocycles. The van der Waals surface area contributed by atoms with Crippen LogP contribution >= 0.6 is 15.9 Å². The van der Waals surface area contributed by atoms with E-state index >= 15 is 0 Å². The van der Waals surface area contributed by atoms with E-state index in [1.165, 1.54) is 0 Å². The molecule has 0 unspecified atom stereocenters. The number of halogens is 1. The standard InChI is InChI=1S/C16H16BrNO2/c1-11(12-6-4-3-5-7-12)18-16(19)14-10-13(20-2)8-9-15(14)17/h3-11H,1-2H3,(H,18,19)/t11-/m1/s1. The Balaban J connectivity index is 2.16. The molecular formula is C16H16BrNO2. The lowest BCUT2D eigenvalue weighted by Gasteiger charge is -2.15. The molecule has 0 aliphatic rings. The Morgan fingerprint density at radius 2 is 1.90 bits per heavy atom. The highest BCUT2D eigenvalue weighted by atomic mass is 79.9. The van der Waals surface area contributed by atoms with Crippen LogP contribution in [0.5, 0.6) is 5.75 Å². The largest absolute Gasteiger partial charge is 0.497 e. The molecule has 2 rings (SSSR count). The van der Waals surface area contributed by atoms with Crippen molar-refractivity contribution < 1.29 is 9.53 Å². The second-order valence-corrected chi connectivity index (χ2v) is 5.31. The Labute approximate surface area is 127 Å². The summed E-state index contributed by atoms with van der Waals surface area (Å²) in [5.74, 6) is 0.526. The van der Waals surface area contributed by atoms with Crippen LogP contribution in [-0.4, -0.2) is 13.0 Å². The maximum absolute atomic E-state index is 12.3. The van der Waals surface area contributed by atoms with Crippen LogP contribution in [-0.2, 0) is 0 Å². The lowest BCUT2D eigenvalue weighted by Crippen LogP contribution is -2.26. The molecule has 0 aliphatic carbocycles. The van der Waals surface area contributed by atoms with Crippen molar-refractivity contribution in [1.29, 1.82) is 0 Å². The lowest BCUT2D eigenvalue weighted by atomic mass is 10.1. The summed E-state index contributed by atoms with van der Waals surface area (Å²) in [4.78, 5) is 12.3. The van der Waals surface area contributed by atoms with E-state index in [1.54, 1.807) is 19.2 Å². The van der Waals surface area contributed by atoms with Gasteiger partial charge in [-0.05, 0) is 46.6 Å². The summed E-state index contributed by atoms with van der Waals surface area (Å²) in [6.07, 6.45) is 0. The second-order valence-electron chi connectivity index (χ2n) is 4.45. The average Bonchev–Trinajstić information content (AvgIpc) is 2.48. The first-order valence-electron chi connectivity index (χ1n) is 6.31. The van der Waals surface area contributed by atoms with Gasteiger partial charge in [-0.15, -0.1) is 0 Å². The van der Waals surface area contributed by atoms with E-state index in [1.807, 2.05) is 43.3 Å². The fraction of sp³-hybridized carbons (Fsp3) is 0.188. The Morgan fingerprint density at radius 1 is 1.20 bits per heavy atom. The summed E-state index contributed by atoms with van der Waals surface area (Å²) in [6.45, 7) is 1.96. The van der Waals surface area contributed by atoms with E-state index in [0.29, 0.717) is 11.3 Å². The van der Waals surface area contributed by atoms with E-state index in [-0.39, 0.29) is 11.9 Å². The van der Waals surface area contributed by atoms with Gasteiger partial charge in [0.15, 0.2) is 0 Å². The van der Waals surface area contributed by atoms with Gasteiger partial charge < -0.3 is 10.1 Å². The number of ether oxygens (including phenoxy) is 1.